The van der Waals surface area contributed by atoms with Crippen molar-refractivity contribution < 1.29 is 4.74 Å². The number of hydrogen-bond donors (Lipinski definition) is 2. The van der Waals surface area contributed by atoms with E-state index in [1.165, 1.54) is 4.57 Å². The molecule has 0 saturated carbocycles. The Labute approximate surface area is 169 Å². The number of aryl methyl sites for hydroxylation is 1. The van der Waals surface area contributed by atoms with Gasteiger partial charge in [0.2, 0.25) is 5.95 Å². The second-order valence-electron chi connectivity index (χ2n) is 7.30. The molecule has 1 saturated heterocycles. The maximum atomic E-state index is 11.8. The van der Waals surface area contributed by atoms with Crippen molar-refractivity contribution in [2.75, 3.05) is 50.1 Å². The number of aromatic nitrogens is 4. The fourth-order valence-electron chi connectivity index (χ4n) is 3.58. The number of likely N-dealkylation sites (N-methyl/N-ethyl adjacent to an activating group) is 1. The van der Waals surface area contributed by atoms with E-state index in [9.17, 15) is 4.79 Å². The second kappa shape index (κ2) is 8.12. The minimum atomic E-state index is -0.214. The third-order valence-corrected chi connectivity index (χ3v) is 5.26. The van der Waals surface area contributed by atoms with Crippen LogP contribution in [0.3, 0.4) is 0 Å². The highest BCUT2D eigenvalue weighted by Gasteiger charge is 2.15. The standard InChI is InChI=1S/C20H27N7O2/c1-4-29-17-12-14(27-9-5-8-25(2)10-11-27)6-7-15(17)22-19-21-13-16-18(23-19)24-20(28)26(16)3/h6-7,12-13H,4-5,8-11H2,1-3H3,(H2,21,22,23,24,28). The number of anilines is 3. The van der Waals surface area contributed by atoms with Crippen molar-refractivity contribution in [3.8, 4) is 5.75 Å². The first-order valence-corrected chi connectivity index (χ1v) is 9.94. The molecule has 4 rings (SSSR count). The van der Waals surface area contributed by atoms with Gasteiger partial charge in [-0.05, 0) is 39.1 Å². The zero-order valence-corrected chi connectivity index (χ0v) is 17.1. The van der Waals surface area contributed by atoms with Gasteiger partial charge < -0.3 is 19.9 Å². The van der Waals surface area contributed by atoms with E-state index in [2.05, 4.69) is 49.2 Å². The quantitative estimate of drug-likeness (QED) is 0.680. The summed E-state index contributed by atoms with van der Waals surface area (Å²) in [6.07, 6.45) is 2.77. The molecule has 3 aromatic rings. The lowest BCUT2D eigenvalue weighted by molar-refractivity contribution is 0.342. The van der Waals surface area contributed by atoms with Crippen LogP contribution in [0.25, 0.3) is 11.2 Å². The van der Waals surface area contributed by atoms with Gasteiger partial charge in [0.1, 0.15) is 11.3 Å². The molecule has 9 heteroatoms. The summed E-state index contributed by atoms with van der Waals surface area (Å²) in [7, 11) is 3.85. The molecule has 0 amide bonds. The molecule has 0 unspecified atom stereocenters. The minimum Gasteiger partial charge on any atom is -0.492 e. The van der Waals surface area contributed by atoms with Gasteiger partial charge >= 0.3 is 5.69 Å². The van der Waals surface area contributed by atoms with E-state index in [-0.39, 0.29) is 5.69 Å². The Hall–Kier alpha value is -3.07. The number of benzene rings is 1. The number of rotatable bonds is 5. The third-order valence-electron chi connectivity index (χ3n) is 5.26. The van der Waals surface area contributed by atoms with Crippen LogP contribution in [0.15, 0.2) is 29.2 Å². The number of hydrogen-bond acceptors (Lipinski definition) is 7. The molecule has 0 radical (unpaired) electrons. The summed E-state index contributed by atoms with van der Waals surface area (Å²) in [6, 6.07) is 6.16. The number of fused-ring (bicyclic) bond motifs is 1. The molecule has 0 spiro atoms. The minimum absolute atomic E-state index is 0.214. The van der Waals surface area contributed by atoms with Crippen LogP contribution in [-0.2, 0) is 7.05 Å². The van der Waals surface area contributed by atoms with Gasteiger partial charge in [-0.3, -0.25) is 9.55 Å². The van der Waals surface area contributed by atoms with Crippen LogP contribution in [-0.4, -0.2) is 64.3 Å². The van der Waals surface area contributed by atoms with Crippen molar-refractivity contribution in [1.29, 1.82) is 0 Å². The fourth-order valence-corrected chi connectivity index (χ4v) is 3.58. The monoisotopic (exact) mass is 397 g/mol. The zero-order chi connectivity index (χ0) is 20.4. The molecule has 1 aliphatic heterocycles. The van der Waals surface area contributed by atoms with E-state index in [0.29, 0.717) is 23.7 Å². The Morgan fingerprint density at radius 2 is 2.07 bits per heavy atom. The first kappa shape index (κ1) is 19.3. The molecule has 29 heavy (non-hydrogen) atoms. The summed E-state index contributed by atoms with van der Waals surface area (Å²) < 4.78 is 7.37. The lowest BCUT2D eigenvalue weighted by Gasteiger charge is -2.24. The Balaban J connectivity index is 1.60. The predicted octanol–water partition coefficient (Wildman–Crippen LogP) is 1.94. The largest absolute Gasteiger partial charge is 0.492 e. The van der Waals surface area contributed by atoms with Crippen LogP contribution in [0.2, 0.25) is 0 Å². The summed E-state index contributed by atoms with van der Waals surface area (Å²) in [5.74, 6) is 1.16. The van der Waals surface area contributed by atoms with Crippen molar-refractivity contribution in [3.05, 3.63) is 34.9 Å². The van der Waals surface area contributed by atoms with Gasteiger partial charge in [-0.2, -0.15) is 4.98 Å². The number of nitrogens with one attached hydrogen (secondary N) is 2. The molecule has 9 nitrogen and oxygen atoms in total. The molecule has 1 aliphatic rings. The van der Waals surface area contributed by atoms with Crippen molar-refractivity contribution in [2.24, 2.45) is 7.05 Å². The fraction of sp³-hybridized carbons (Fsp3) is 0.450. The summed E-state index contributed by atoms with van der Waals surface area (Å²) in [4.78, 5) is 28.0. The van der Waals surface area contributed by atoms with E-state index in [4.69, 9.17) is 4.74 Å². The number of nitrogens with zero attached hydrogens (tertiary/aromatic N) is 5. The van der Waals surface area contributed by atoms with E-state index in [1.54, 1.807) is 13.2 Å². The van der Waals surface area contributed by atoms with Gasteiger partial charge in [-0.25, -0.2) is 9.78 Å². The molecule has 0 atom stereocenters. The topological polar surface area (TPSA) is 91.3 Å². The third kappa shape index (κ3) is 4.04. The highest BCUT2D eigenvalue weighted by molar-refractivity contribution is 5.73. The molecule has 0 bridgehead atoms. The Bertz CT molecular complexity index is 1060. The van der Waals surface area contributed by atoms with E-state index < -0.39 is 0 Å². The highest BCUT2D eigenvalue weighted by Crippen LogP contribution is 2.32. The number of imidazole rings is 1. The van der Waals surface area contributed by atoms with Gasteiger partial charge in [0.15, 0.2) is 5.65 Å². The summed E-state index contributed by atoms with van der Waals surface area (Å²) in [5.41, 5.74) is 2.89. The summed E-state index contributed by atoms with van der Waals surface area (Å²) in [6.45, 7) is 6.73. The van der Waals surface area contributed by atoms with Gasteiger partial charge in [0.25, 0.3) is 0 Å². The highest BCUT2D eigenvalue weighted by atomic mass is 16.5. The Morgan fingerprint density at radius 3 is 2.90 bits per heavy atom. The maximum absolute atomic E-state index is 11.8. The first-order valence-electron chi connectivity index (χ1n) is 9.94. The Morgan fingerprint density at radius 1 is 1.21 bits per heavy atom. The SMILES string of the molecule is CCOc1cc(N2CCCN(C)CC2)ccc1Nc1ncc2c(n1)[nH]c(=O)n2C. The van der Waals surface area contributed by atoms with Crippen LogP contribution >= 0.6 is 0 Å². The van der Waals surface area contributed by atoms with E-state index in [1.807, 2.05) is 13.0 Å². The molecule has 2 aromatic heterocycles. The van der Waals surface area contributed by atoms with Crippen molar-refractivity contribution in [2.45, 2.75) is 13.3 Å². The molecule has 1 aromatic carbocycles. The second-order valence-corrected chi connectivity index (χ2v) is 7.30. The normalized spacial score (nSPS) is 15.5. The molecule has 1 fully saturated rings. The average Bonchev–Trinajstić information content (AvgIpc) is 2.86. The predicted molar refractivity (Wildman–Crippen MR) is 114 cm³/mol. The van der Waals surface area contributed by atoms with Crippen molar-refractivity contribution >= 4 is 28.5 Å². The molecule has 3 heterocycles. The number of H-pyrrole nitrogens is 1. The van der Waals surface area contributed by atoms with Gasteiger partial charge in [-0.15, -0.1) is 0 Å². The zero-order valence-electron chi connectivity index (χ0n) is 17.1. The smallest absolute Gasteiger partial charge is 0.327 e. The summed E-state index contributed by atoms with van der Waals surface area (Å²) >= 11 is 0. The van der Waals surface area contributed by atoms with Crippen LogP contribution in [0.1, 0.15) is 13.3 Å². The molecule has 0 aliphatic carbocycles. The maximum Gasteiger partial charge on any atom is 0.327 e. The lowest BCUT2D eigenvalue weighted by atomic mass is 10.2. The van der Waals surface area contributed by atoms with Gasteiger partial charge in [-0.1, -0.05) is 0 Å². The lowest BCUT2D eigenvalue weighted by Crippen LogP contribution is -2.28. The average molecular weight is 397 g/mol. The molecular weight excluding hydrogens is 370 g/mol. The first-order chi connectivity index (χ1) is 14.0. The number of aromatic amines is 1. The van der Waals surface area contributed by atoms with E-state index >= 15 is 0 Å². The summed E-state index contributed by atoms with van der Waals surface area (Å²) in [5, 5.41) is 3.22. The number of ether oxygens (including phenoxy) is 1. The van der Waals surface area contributed by atoms with E-state index in [0.717, 1.165) is 49.7 Å². The molecule has 2 N–H and O–H groups in total. The van der Waals surface area contributed by atoms with Crippen LogP contribution in [0.4, 0.5) is 17.3 Å². The van der Waals surface area contributed by atoms with Gasteiger partial charge in [0, 0.05) is 38.4 Å². The van der Waals surface area contributed by atoms with Crippen molar-refractivity contribution in [1.82, 2.24) is 24.4 Å². The van der Waals surface area contributed by atoms with Crippen LogP contribution < -0.4 is 20.6 Å². The molecule has 154 valence electrons. The Kier molecular flexibility index (Phi) is 5.39. The van der Waals surface area contributed by atoms with Crippen LogP contribution in [0.5, 0.6) is 5.75 Å². The molecular formula is C20H27N7O2. The van der Waals surface area contributed by atoms with Gasteiger partial charge in [0.05, 0.1) is 18.5 Å². The van der Waals surface area contributed by atoms with Crippen LogP contribution in [0, 0.1) is 0 Å². The van der Waals surface area contributed by atoms with Crippen molar-refractivity contribution in [3.63, 3.8) is 0 Å².